The Labute approximate surface area is 118 Å². The molecule has 1 unspecified atom stereocenters. The molecule has 2 N–H and O–H groups in total. The Kier molecular flexibility index (Phi) is 5.28. The fourth-order valence-corrected chi connectivity index (χ4v) is 2.57. The Balaban J connectivity index is 2.18. The van der Waals surface area contributed by atoms with Gasteiger partial charge in [-0.1, -0.05) is 18.2 Å². The van der Waals surface area contributed by atoms with Crippen LogP contribution >= 0.6 is 0 Å². The molecular formula is C14H21F2N3O. The quantitative estimate of drug-likeness (QED) is 0.891. The van der Waals surface area contributed by atoms with Crippen LogP contribution in [0.3, 0.4) is 0 Å². The number of nitrogens with zero attached hydrogens (tertiary/aromatic N) is 2. The molecule has 1 saturated heterocycles. The molecule has 0 aromatic heterocycles. The SMILES string of the molecule is CN1CCN(C(CN)c2ccccc2OC(F)F)CC1. The predicted molar refractivity (Wildman–Crippen MR) is 73.9 cm³/mol. The third kappa shape index (κ3) is 3.65. The molecule has 2 rings (SSSR count). The van der Waals surface area contributed by atoms with Crippen molar-refractivity contribution in [2.75, 3.05) is 39.8 Å². The van der Waals surface area contributed by atoms with Crippen molar-refractivity contribution in [3.05, 3.63) is 29.8 Å². The number of hydrogen-bond donors (Lipinski definition) is 1. The van der Waals surface area contributed by atoms with E-state index in [0.29, 0.717) is 6.54 Å². The molecule has 20 heavy (non-hydrogen) atoms. The normalized spacial score (nSPS) is 19.2. The second-order valence-electron chi connectivity index (χ2n) is 5.01. The molecule has 0 spiro atoms. The molecule has 0 aliphatic carbocycles. The summed E-state index contributed by atoms with van der Waals surface area (Å²) in [6.45, 7) is 1.22. The molecule has 0 radical (unpaired) electrons. The first kappa shape index (κ1) is 15.2. The summed E-state index contributed by atoms with van der Waals surface area (Å²) in [6.07, 6.45) is 0. The van der Waals surface area contributed by atoms with Crippen LogP contribution in [0.2, 0.25) is 0 Å². The predicted octanol–water partition coefficient (Wildman–Crippen LogP) is 1.54. The van der Waals surface area contributed by atoms with Crippen LogP contribution in [-0.2, 0) is 0 Å². The van der Waals surface area contributed by atoms with Gasteiger partial charge in [0, 0.05) is 38.3 Å². The molecule has 1 aliphatic rings. The fourth-order valence-electron chi connectivity index (χ4n) is 2.57. The smallest absolute Gasteiger partial charge is 0.387 e. The van der Waals surface area contributed by atoms with E-state index in [9.17, 15) is 8.78 Å². The first-order chi connectivity index (χ1) is 9.61. The highest BCUT2D eigenvalue weighted by atomic mass is 19.3. The first-order valence-corrected chi connectivity index (χ1v) is 6.78. The maximum absolute atomic E-state index is 12.5. The van der Waals surface area contributed by atoms with Crippen molar-refractivity contribution in [2.45, 2.75) is 12.7 Å². The molecule has 112 valence electrons. The molecule has 0 amide bonds. The maximum atomic E-state index is 12.5. The number of nitrogens with two attached hydrogens (primary N) is 1. The number of alkyl halides is 2. The summed E-state index contributed by atoms with van der Waals surface area (Å²) in [5, 5.41) is 0. The summed E-state index contributed by atoms with van der Waals surface area (Å²) < 4.78 is 29.6. The van der Waals surface area contributed by atoms with Crippen molar-refractivity contribution >= 4 is 0 Å². The second-order valence-corrected chi connectivity index (χ2v) is 5.01. The van der Waals surface area contributed by atoms with Crippen molar-refractivity contribution in [3.8, 4) is 5.75 Å². The number of rotatable bonds is 5. The minimum absolute atomic E-state index is 0.0846. The summed E-state index contributed by atoms with van der Waals surface area (Å²) in [7, 11) is 2.07. The van der Waals surface area contributed by atoms with Crippen LogP contribution in [-0.4, -0.2) is 56.2 Å². The van der Waals surface area contributed by atoms with Crippen molar-refractivity contribution in [1.82, 2.24) is 9.80 Å². The van der Waals surface area contributed by atoms with E-state index in [1.54, 1.807) is 12.1 Å². The zero-order valence-corrected chi connectivity index (χ0v) is 11.6. The van der Waals surface area contributed by atoms with Gasteiger partial charge in [0.25, 0.3) is 0 Å². The van der Waals surface area contributed by atoms with E-state index in [1.165, 1.54) is 0 Å². The number of piperazine rings is 1. The standard InChI is InChI=1S/C14H21F2N3O/c1-18-6-8-19(9-7-18)12(10-17)11-4-2-3-5-13(11)20-14(15)16/h2-5,12,14H,6-10,17H2,1H3. The van der Waals surface area contributed by atoms with Crippen molar-refractivity contribution < 1.29 is 13.5 Å². The van der Waals surface area contributed by atoms with Crippen LogP contribution < -0.4 is 10.5 Å². The average Bonchev–Trinajstić information content (AvgIpc) is 2.43. The lowest BCUT2D eigenvalue weighted by Crippen LogP contribution is -2.47. The molecule has 1 aromatic rings. The van der Waals surface area contributed by atoms with Gasteiger partial charge < -0.3 is 15.4 Å². The zero-order chi connectivity index (χ0) is 14.5. The lowest BCUT2D eigenvalue weighted by molar-refractivity contribution is -0.0513. The summed E-state index contributed by atoms with van der Waals surface area (Å²) in [6, 6.07) is 6.82. The van der Waals surface area contributed by atoms with Crippen LogP contribution in [0.1, 0.15) is 11.6 Å². The minimum Gasteiger partial charge on any atom is -0.434 e. The van der Waals surface area contributed by atoms with E-state index in [4.69, 9.17) is 5.73 Å². The summed E-state index contributed by atoms with van der Waals surface area (Å²) >= 11 is 0. The van der Waals surface area contributed by atoms with E-state index in [-0.39, 0.29) is 11.8 Å². The van der Waals surface area contributed by atoms with Crippen LogP contribution in [0.15, 0.2) is 24.3 Å². The third-order valence-corrected chi connectivity index (χ3v) is 3.70. The van der Waals surface area contributed by atoms with Gasteiger partial charge in [-0.05, 0) is 13.1 Å². The average molecular weight is 285 g/mol. The number of ether oxygens (including phenoxy) is 1. The van der Waals surface area contributed by atoms with Crippen molar-refractivity contribution in [3.63, 3.8) is 0 Å². The van der Waals surface area contributed by atoms with E-state index in [0.717, 1.165) is 31.7 Å². The maximum Gasteiger partial charge on any atom is 0.387 e. The topological polar surface area (TPSA) is 41.7 Å². The van der Waals surface area contributed by atoms with Crippen LogP contribution in [0.25, 0.3) is 0 Å². The van der Waals surface area contributed by atoms with Gasteiger partial charge in [0.05, 0.1) is 6.04 Å². The first-order valence-electron chi connectivity index (χ1n) is 6.78. The van der Waals surface area contributed by atoms with Crippen molar-refractivity contribution in [2.24, 2.45) is 5.73 Å². The Bertz CT molecular complexity index is 423. The van der Waals surface area contributed by atoms with Crippen LogP contribution in [0.5, 0.6) is 5.75 Å². The highest BCUT2D eigenvalue weighted by Gasteiger charge is 2.25. The monoisotopic (exact) mass is 285 g/mol. The Morgan fingerprint density at radius 2 is 1.85 bits per heavy atom. The molecule has 6 heteroatoms. The lowest BCUT2D eigenvalue weighted by Gasteiger charge is -2.38. The zero-order valence-electron chi connectivity index (χ0n) is 11.6. The fraction of sp³-hybridized carbons (Fsp3) is 0.571. The second kappa shape index (κ2) is 6.97. The number of para-hydroxylation sites is 1. The molecule has 1 aliphatic heterocycles. The molecule has 1 atom stereocenters. The van der Waals surface area contributed by atoms with Gasteiger partial charge in [0.1, 0.15) is 5.75 Å². The highest BCUT2D eigenvalue weighted by molar-refractivity contribution is 5.36. The van der Waals surface area contributed by atoms with Gasteiger partial charge in [-0.25, -0.2) is 0 Å². The lowest BCUT2D eigenvalue weighted by atomic mass is 10.0. The molecule has 1 fully saturated rings. The van der Waals surface area contributed by atoms with Crippen molar-refractivity contribution in [1.29, 1.82) is 0 Å². The summed E-state index contributed by atoms with van der Waals surface area (Å²) in [5.74, 6) is 0.219. The highest BCUT2D eigenvalue weighted by Crippen LogP contribution is 2.30. The Morgan fingerprint density at radius 3 is 2.45 bits per heavy atom. The van der Waals surface area contributed by atoms with E-state index >= 15 is 0 Å². The number of halogens is 2. The molecule has 4 nitrogen and oxygen atoms in total. The molecule has 1 heterocycles. The minimum atomic E-state index is -2.82. The molecular weight excluding hydrogens is 264 g/mol. The van der Waals surface area contributed by atoms with Gasteiger partial charge in [-0.3, -0.25) is 4.90 Å². The van der Waals surface area contributed by atoms with Crippen LogP contribution in [0.4, 0.5) is 8.78 Å². The van der Waals surface area contributed by atoms with Gasteiger partial charge in [0.2, 0.25) is 0 Å². The number of likely N-dealkylation sites (N-methyl/N-ethyl adjacent to an activating group) is 1. The Morgan fingerprint density at radius 1 is 1.20 bits per heavy atom. The largest absolute Gasteiger partial charge is 0.434 e. The van der Waals surface area contributed by atoms with E-state index in [2.05, 4.69) is 21.6 Å². The van der Waals surface area contributed by atoms with Gasteiger partial charge in [0.15, 0.2) is 0 Å². The van der Waals surface area contributed by atoms with Gasteiger partial charge in [-0.15, -0.1) is 0 Å². The van der Waals surface area contributed by atoms with Crippen LogP contribution in [0, 0.1) is 0 Å². The third-order valence-electron chi connectivity index (χ3n) is 3.70. The van der Waals surface area contributed by atoms with Gasteiger partial charge in [-0.2, -0.15) is 8.78 Å². The molecule has 1 aromatic carbocycles. The molecule has 0 saturated carbocycles. The number of benzene rings is 1. The molecule has 0 bridgehead atoms. The van der Waals surface area contributed by atoms with Gasteiger partial charge >= 0.3 is 6.61 Å². The van der Waals surface area contributed by atoms with E-state index < -0.39 is 6.61 Å². The summed E-state index contributed by atoms with van der Waals surface area (Å²) in [5.41, 5.74) is 6.61. The summed E-state index contributed by atoms with van der Waals surface area (Å²) in [4.78, 5) is 4.47. The van der Waals surface area contributed by atoms with E-state index in [1.807, 2.05) is 12.1 Å². The Hall–Kier alpha value is -1.24. The number of hydrogen-bond acceptors (Lipinski definition) is 4.